The Balaban J connectivity index is 1.54. The average Bonchev–Trinajstić information content (AvgIpc) is 3.12. The van der Waals surface area contributed by atoms with Gasteiger partial charge in [-0.1, -0.05) is 31.5 Å². The topological polar surface area (TPSA) is 79.2 Å². The van der Waals surface area contributed by atoms with Crippen molar-refractivity contribution in [3.8, 4) is 5.69 Å². The van der Waals surface area contributed by atoms with Crippen LogP contribution in [0.2, 0.25) is 0 Å². The van der Waals surface area contributed by atoms with Gasteiger partial charge in [0.15, 0.2) is 5.82 Å². The van der Waals surface area contributed by atoms with E-state index in [0.29, 0.717) is 32.1 Å². The predicted molar refractivity (Wildman–Crippen MR) is 128 cm³/mol. The quantitative estimate of drug-likeness (QED) is 0.662. The molecule has 8 nitrogen and oxygen atoms in total. The zero-order chi connectivity index (χ0) is 22.8. The average molecular weight is 436 g/mol. The second-order valence-electron chi connectivity index (χ2n) is 9.05. The van der Waals surface area contributed by atoms with Crippen molar-refractivity contribution in [3.63, 3.8) is 0 Å². The van der Waals surface area contributed by atoms with E-state index in [1.165, 1.54) is 5.56 Å². The molecule has 1 aliphatic rings. The summed E-state index contributed by atoms with van der Waals surface area (Å²) in [6, 6.07) is 8.37. The number of urea groups is 1. The van der Waals surface area contributed by atoms with E-state index in [2.05, 4.69) is 72.4 Å². The van der Waals surface area contributed by atoms with Gasteiger partial charge in [0.05, 0.1) is 22.5 Å². The number of carbonyl (C=O) groups excluding carboxylic acids is 1. The van der Waals surface area contributed by atoms with Crippen LogP contribution in [0.25, 0.3) is 16.6 Å². The summed E-state index contributed by atoms with van der Waals surface area (Å²) in [6.45, 7) is 13.9. The highest BCUT2D eigenvalue weighted by atomic mass is 16.2. The Hall–Kier alpha value is -3.16. The molecule has 170 valence electrons. The minimum Gasteiger partial charge on any atom is -0.350 e. The molecular weight excluding hydrogens is 402 g/mol. The standard InChI is InChI=1S/C24H33N7O/c1-16(2)10-11-25-24(32)30-14-12-29(13-15-30)23-22-21(18(4)26-27-23)19(5)31(28-22)20-8-6-17(3)7-9-20/h6-9,16H,10-15H2,1-5H3,(H,25,32). The lowest BCUT2D eigenvalue weighted by Crippen LogP contribution is -2.52. The molecule has 3 heterocycles. The first-order valence-corrected chi connectivity index (χ1v) is 11.4. The smallest absolute Gasteiger partial charge is 0.317 e. The predicted octanol–water partition coefficient (Wildman–Crippen LogP) is 3.62. The number of rotatable bonds is 5. The molecule has 0 atom stereocenters. The number of amides is 2. The van der Waals surface area contributed by atoms with Crippen LogP contribution in [0, 0.1) is 26.7 Å². The van der Waals surface area contributed by atoms with Gasteiger partial charge < -0.3 is 15.1 Å². The van der Waals surface area contributed by atoms with Gasteiger partial charge in [-0.05, 0) is 45.2 Å². The Morgan fingerprint density at radius 2 is 1.72 bits per heavy atom. The van der Waals surface area contributed by atoms with Gasteiger partial charge in [0.25, 0.3) is 0 Å². The molecule has 2 aromatic heterocycles. The van der Waals surface area contributed by atoms with Crippen molar-refractivity contribution in [2.24, 2.45) is 5.92 Å². The lowest BCUT2D eigenvalue weighted by molar-refractivity contribution is 0.193. The second-order valence-corrected chi connectivity index (χ2v) is 9.05. The number of carbonyl (C=O) groups is 1. The lowest BCUT2D eigenvalue weighted by Gasteiger charge is -2.35. The number of benzene rings is 1. The van der Waals surface area contributed by atoms with Crippen LogP contribution in [-0.2, 0) is 0 Å². The largest absolute Gasteiger partial charge is 0.350 e. The van der Waals surface area contributed by atoms with Crippen molar-refractivity contribution in [1.82, 2.24) is 30.2 Å². The third kappa shape index (κ3) is 4.40. The molecule has 0 bridgehead atoms. The minimum atomic E-state index is 0.0185. The molecule has 4 rings (SSSR count). The summed E-state index contributed by atoms with van der Waals surface area (Å²) in [4.78, 5) is 16.5. The fraction of sp³-hybridized carbons (Fsp3) is 0.500. The van der Waals surface area contributed by atoms with E-state index >= 15 is 0 Å². The Morgan fingerprint density at radius 1 is 1.03 bits per heavy atom. The maximum absolute atomic E-state index is 12.5. The molecule has 32 heavy (non-hydrogen) atoms. The van der Waals surface area contributed by atoms with Gasteiger partial charge in [-0.3, -0.25) is 0 Å². The van der Waals surface area contributed by atoms with Gasteiger partial charge >= 0.3 is 6.03 Å². The summed E-state index contributed by atoms with van der Waals surface area (Å²) in [5, 5.41) is 18.0. The number of aryl methyl sites for hydroxylation is 3. The molecule has 0 saturated carbocycles. The van der Waals surface area contributed by atoms with Crippen molar-refractivity contribution in [3.05, 3.63) is 41.2 Å². The Labute approximate surface area is 189 Å². The summed E-state index contributed by atoms with van der Waals surface area (Å²) in [5.41, 5.74) is 5.04. The maximum Gasteiger partial charge on any atom is 0.317 e. The van der Waals surface area contributed by atoms with E-state index in [1.807, 2.05) is 16.5 Å². The van der Waals surface area contributed by atoms with Crippen molar-refractivity contribution in [2.45, 2.75) is 41.0 Å². The molecule has 1 aromatic carbocycles. The Kier molecular flexibility index (Phi) is 6.30. The normalized spacial score (nSPS) is 14.4. The molecule has 2 amide bonds. The number of nitrogens with zero attached hydrogens (tertiary/aromatic N) is 6. The van der Waals surface area contributed by atoms with Crippen LogP contribution >= 0.6 is 0 Å². The highest BCUT2D eigenvalue weighted by Crippen LogP contribution is 2.29. The number of piperazine rings is 1. The molecule has 1 N–H and O–H groups in total. The number of hydrogen-bond donors (Lipinski definition) is 1. The number of hydrogen-bond acceptors (Lipinski definition) is 5. The maximum atomic E-state index is 12.5. The Bertz CT molecular complexity index is 1100. The highest BCUT2D eigenvalue weighted by molar-refractivity contribution is 5.92. The van der Waals surface area contributed by atoms with Crippen molar-refractivity contribution in [1.29, 1.82) is 0 Å². The van der Waals surface area contributed by atoms with Gasteiger partial charge in [-0.25, -0.2) is 9.48 Å². The fourth-order valence-corrected chi connectivity index (χ4v) is 4.16. The molecule has 0 radical (unpaired) electrons. The van der Waals surface area contributed by atoms with E-state index in [0.717, 1.165) is 46.8 Å². The summed E-state index contributed by atoms with van der Waals surface area (Å²) in [5.74, 6) is 1.37. The van der Waals surface area contributed by atoms with Crippen LogP contribution in [0.15, 0.2) is 24.3 Å². The summed E-state index contributed by atoms with van der Waals surface area (Å²) in [7, 11) is 0. The van der Waals surface area contributed by atoms with Gasteiger partial charge in [-0.2, -0.15) is 10.2 Å². The number of fused-ring (bicyclic) bond motifs is 1. The van der Waals surface area contributed by atoms with E-state index in [4.69, 9.17) is 5.10 Å². The highest BCUT2D eigenvalue weighted by Gasteiger charge is 2.26. The summed E-state index contributed by atoms with van der Waals surface area (Å²) >= 11 is 0. The van der Waals surface area contributed by atoms with Crippen LogP contribution < -0.4 is 10.2 Å². The Morgan fingerprint density at radius 3 is 2.38 bits per heavy atom. The lowest BCUT2D eigenvalue weighted by atomic mass is 10.1. The van der Waals surface area contributed by atoms with Gasteiger partial charge in [0, 0.05) is 32.7 Å². The monoisotopic (exact) mass is 435 g/mol. The first kappa shape index (κ1) is 22.0. The molecule has 1 saturated heterocycles. The van der Waals surface area contributed by atoms with Crippen LogP contribution in [0.4, 0.5) is 10.6 Å². The third-order valence-corrected chi connectivity index (χ3v) is 6.13. The molecule has 1 fully saturated rings. The number of nitrogens with one attached hydrogen (secondary N) is 1. The van der Waals surface area contributed by atoms with E-state index in [9.17, 15) is 4.79 Å². The zero-order valence-corrected chi connectivity index (χ0v) is 19.7. The first-order valence-electron chi connectivity index (χ1n) is 11.4. The van der Waals surface area contributed by atoms with Crippen LogP contribution in [0.5, 0.6) is 0 Å². The van der Waals surface area contributed by atoms with Crippen molar-refractivity contribution in [2.75, 3.05) is 37.6 Å². The molecule has 0 unspecified atom stereocenters. The van der Waals surface area contributed by atoms with E-state index < -0.39 is 0 Å². The SMILES string of the molecule is Cc1ccc(-n2nc3c(N4CCN(C(=O)NCCC(C)C)CC4)nnc(C)c3c2C)cc1. The van der Waals surface area contributed by atoms with Gasteiger partial charge in [0.1, 0.15) is 5.52 Å². The van der Waals surface area contributed by atoms with Crippen LogP contribution in [0.3, 0.4) is 0 Å². The van der Waals surface area contributed by atoms with Gasteiger partial charge in [0.2, 0.25) is 0 Å². The fourth-order valence-electron chi connectivity index (χ4n) is 4.16. The molecule has 0 spiro atoms. The second kappa shape index (κ2) is 9.14. The molecule has 0 aliphatic carbocycles. The molecule has 1 aliphatic heterocycles. The van der Waals surface area contributed by atoms with E-state index in [1.54, 1.807) is 0 Å². The summed E-state index contributed by atoms with van der Waals surface area (Å²) < 4.78 is 1.97. The number of aromatic nitrogens is 4. The zero-order valence-electron chi connectivity index (χ0n) is 19.7. The van der Waals surface area contributed by atoms with Crippen molar-refractivity contribution >= 4 is 22.8 Å². The molecular formula is C24H33N7O. The van der Waals surface area contributed by atoms with Crippen molar-refractivity contribution < 1.29 is 4.79 Å². The third-order valence-electron chi connectivity index (χ3n) is 6.13. The van der Waals surface area contributed by atoms with Gasteiger partial charge in [-0.15, -0.1) is 5.10 Å². The van der Waals surface area contributed by atoms with E-state index in [-0.39, 0.29) is 6.03 Å². The van der Waals surface area contributed by atoms with Crippen LogP contribution in [-0.4, -0.2) is 63.6 Å². The first-order chi connectivity index (χ1) is 15.3. The molecule has 3 aromatic rings. The molecule has 8 heteroatoms. The van der Waals surface area contributed by atoms with Crippen LogP contribution in [0.1, 0.15) is 37.2 Å². The summed E-state index contributed by atoms with van der Waals surface area (Å²) in [6.07, 6.45) is 0.992. The number of anilines is 1. The minimum absolute atomic E-state index is 0.0185.